The van der Waals surface area contributed by atoms with Crippen molar-refractivity contribution in [2.24, 2.45) is 0 Å². The van der Waals surface area contributed by atoms with Gasteiger partial charge in [-0.3, -0.25) is 14.5 Å². The van der Waals surface area contributed by atoms with E-state index in [1.807, 2.05) is 19.1 Å². The number of fused-ring (bicyclic) bond motifs is 1. The molecular formula is C17H21BrN2O4. The zero-order chi connectivity index (χ0) is 17.1. The van der Waals surface area contributed by atoms with Gasteiger partial charge in [0, 0.05) is 24.2 Å². The van der Waals surface area contributed by atoms with Crippen LogP contribution in [0.2, 0.25) is 0 Å². The van der Waals surface area contributed by atoms with Crippen molar-refractivity contribution < 1.29 is 19.1 Å². The van der Waals surface area contributed by atoms with Crippen molar-refractivity contribution in [2.45, 2.75) is 25.9 Å². The lowest BCUT2D eigenvalue weighted by atomic mass is 10.1. The molecule has 1 aromatic carbocycles. The van der Waals surface area contributed by atoms with Gasteiger partial charge < -0.3 is 14.4 Å². The van der Waals surface area contributed by atoms with Crippen molar-refractivity contribution >= 4 is 33.4 Å². The summed E-state index contributed by atoms with van der Waals surface area (Å²) in [6, 6.07) is 5.44. The van der Waals surface area contributed by atoms with Crippen LogP contribution in [0.5, 0.6) is 5.75 Å². The quantitative estimate of drug-likeness (QED) is 0.782. The van der Waals surface area contributed by atoms with Crippen LogP contribution in [0.15, 0.2) is 22.7 Å². The van der Waals surface area contributed by atoms with E-state index in [2.05, 4.69) is 15.9 Å². The van der Waals surface area contributed by atoms with Crippen LogP contribution in [-0.4, -0.2) is 55.7 Å². The molecule has 1 fully saturated rings. The standard InChI is InChI=1S/C17H21BrN2O4/c1-2-23-13-4-3-7-19(9-13)16(21)10-20-14-6-5-12(18)8-15(14)24-11-17(20)22/h5-6,8,13H,2-4,7,9-11H2,1H3. The maximum atomic E-state index is 12.7. The summed E-state index contributed by atoms with van der Waals surface area (Å²) in [5, 5.41) is 0. The SMILES string of the molecule is CCOC1CCCN(C(=O)CN2C(=O)COc3cc(Br)ccc32)C1. The molecule has 3 rings (SSSR count). The van der Waals surface area contributed by atoms with E-state index >= 15 is 0 Å². The first-order chi connectivity index (χ1) is 11.6. The number of likely N-dealkylation sites (tertiary alicyclic amines) is 1. The van der Waals surface area contributed by atoms with Gasteiger partial charge in [-0.15, -0.1) is 0 Å². The highest BCUT2D eigenvalue weighted by atomic mass is 79.9. The highest BCUT2D eigenvalue weighted by molar-refractivity contribution is 9.10. The first-order valence-electron chi connectivity index (χ1n) is 8.20. The van der Waals surface area contributed by atoms with Crippen molar-refractivity contribution in [1.82, 2.24) is 4.90 Å². The van der Waals surface area contributed by atoms with Crippen molar-refractivity contribution in [3.63, 3.8) is 0 Å². The fourth-order valence-electron chi connectivity index (χ4n) is 3.12. The second-order valence-electron chi connectivity index (χ2n) is 5.94. The highest BCUT2D eigenvalue weighted by Crippen LogP contribution is 2.34. The Hall–Kier alpha value is -1.60. The van der Waals surface area contributed by atoms with E-state index in [0.29, 0.717) is 31.1 Å². The lowest BCUT2D eigenvalue weighted by molar-refractivity contribution is -0.135. The monoisotopic (exact) mass is 396 g/mol. The Labute approximate surface area is 149 Å². The minimum atomic E-state index is -0.198. The fraction of sp³-hybridized carbons (Fsp3) is 0.529. The van der Waals surface area contributed by atoms with Gasteiger partial charge in [-0.05, 0) is 38.0 Å². The molecule has 2 heterocycles. The summed E-state index contributed by atoms with van der Waals surface area (Å²) in [4.78, 5) is 28.2. The van der Waals surface area contributed by atoms with Crippen LogP contribution in [0.3, 0.4) is 0 Å². The predicted molar refractivity (Wildman–Crippen MR) is 93.2 cm³/mol. The number of benzene rings is 1. The molecule has 0 bridgehead atoms. The Morgan fingerprint density at radius 2 is 2.29 bits per heavy atom. The second-order valence-corrected chi connectivity index (χ2v) is 6.86. The minimum Gasteiger partial charge on any atom is -0.482 e. The lowest BCUT2D eigenvalue weighted by Crippen LogP contribution is -2.50. The van der Waals surface area contributed by atoms with E-state index in [0.717, 1.165) is 17.3 Å². The Bertz CT molecular complexity index is 635. The van der Waals surface area contributed by atoms with E-state index in [9.17, 15) is 9.59 Å². The number of carbonyl (C=O) groups is 2. The lowest BCUT2D eigenvalue weighted by Gasteiger charge is -2.35. The number of rotatable bonds is 4. The van der Waals surface area contributed by atoms with Crippen molar-refractivity contribution in [3.05, 3.63) is 22.7 Å². The first-order valence-corrected chi connectivity index (χ1v) is 9.00. The van der Waals surface area contributed by atoms with Gasteiger partial charge in [0.1, 0.15) is 12.3 Å². The Balaban J connectivity index is 1.71. The molecule has 2 aliphatic rings. The molecule has 24 heavy (non-hydrogen) atoms. The average molecular weight is 397 g/mol. The average Bonchev–Trinajstić information content (AvgIpc) is 2.58. The number of halogens is 1. The molecule has 0 saturated carbocycles. The summed E-state index contributed by atoms with van der Waals surface area (Å²) in [7, 11) is 0. The van der Waals surface area contributed by atoms with Crippen molar-refractivity contribution in [3.8, 4) is 5.75 Å². The smallest absolute Gasteiger partial charge is 0.265 e. The maximum absolute atomic E-state index is 12.7. The van der Waals surface area contributed by atoms with Gasteiger partial charge in [0.05, 0.1) is 11.8 Å². The van der Waals surface area contributed by atoms with Crippen LogP contribution < -0.4 is 9.64 Å². The van der Waals surface area contributed by atoms with Crippen molar-refractivity contribution in [2.75, 3.05) is 37.7 Å². The molecule has 0 aromatic heterocycles. The summed E-state index contributed by atoms with van der Waals surface area (Å²) in [5.41, 5.74) is 0.640. The zero-order valence-electron chi connectivity index (χ0n) is 13.7. The first kappa shape index (κ1) is 17.2. The minimum absolute atomic E-state index is 0.0374. The van der Waals surface area contributed by atoms with E-state index in [4.69, 9.17) is 9.47 Å². The van der Waals surface area contributed by atoms with Crippen LogP contribution in [0, 0.1) is 0 Å². The molecule has 1 unspecified atom stereocenters. The number of ether oxygens (including phenoxy) is 2. The molecule has 0 spiro atoms. The number of nitrogens with zero attached hydrogens (tertiary/aromatic N) is 2. The molecule has 0 aliphatic carbocycles. The van der Waals surface area contributed by atoms with Gasteiger partial charge in [-0.1, -0.05) is 15.9 Å². The van der Waals surface area contributed by atoms with Gasteiger partial charge in [-0.2, -0.15) is 0 Å². The van der Waals surface area contributed by atoms with E-state index < -0.39 is 0 Å². The zero-order valence-corrected chi connectivity index (χ0v) is 15.3. The van der Waals surface area contributed by atoms with Gasteiger partial charge in [0.25, 0.3) is 5.91 Å². The van der Waals surface area contributed by atoms with Crippen LogP contribution in [0.1, 0.15) is 19.8 Å². The van der Waals surface area contributed by atoms with Crippen LogP contribution in [0.4, 0.5) is 5.69 Å². The van der Waals surface area contributed by atoms with Gasteiger partial charge in [-0.25, -0.2) is 0 Å². The molecule has 1 saturated heterocycles. The van der Waals surface area contributed by atoms with E-state index in [1.165, 1.54) is 4.90 Å². The molecule has 0 radical (unpaired) electrons. The van der Waals surface area contributed by atoms with E-state index in [-0.39, 0.29) is 31.1 Å². The third kappa shape index (κ3) is 3.72. The summed E-state index contributed by atoms with van der Waals surface area (Å²) in [5.74, 6) is 0.364. The van der Waals surface area contributed by atoms with Gasteiger partial charge in [0.2, 0.25) is 5.91 Å². The van der Waals surface area contributed by atoms with Crippen LogP contribution in [0.25, 0.3) is 0 Å². The van der Waals surface area contributed by atoms with Crippen molar-refractivity contribution in [1.29, 1.82) is 0 Å². The number of amides is 2. The van der Waals surface area contributed by atoms with Gasteiger partial charge in [0.15, 0.2) is 6.61 Å². The molecule has 1 aromatic rings. The number of carbonyl (C=O) groups excluding carboxylic acids is 2. The van der Waals surface area contributed by atoms with E-state index in [1.54, 1.807) is 11.0 Å². The molecule has 1 atom stereocenters. The Kier molecular flexibility index (Phi) is 5.40. The number of hydrogen-bond donors (Lipinski definition) is 0. The maximum Gasteiger partial charge on any atom is 0.265 e. The largest absolute Gasteiger partial charge is 0.482 e. The third-order valence-electron chi connectivity index (χ3n) is 4.29. The summed E-state index contributed by atoms with van der Waals surface area (Å²) in [6.07, 6.45) is 2.00. The normalized spacial score (nSPS) is 20.6. The molecule has 7 heteroatoms. The molecule has 2 amide bonds. The summed E-state index contributed by atoms with van der Waals surface area (Å²) in [6.45, 7) is 3.92. The molecule has 0 N–H and O–H groups in total. The predicted octanol–water partition coefficient (Wildman–Crippen LogP) is 2.20. The topological polar surface area (TPSA) is 59.1 Å². The number of hydrogen-bond acceptors (Lipinski definition) is 4. The third-order valence-corrected chi connectivity index (χ3v) is 4.78. The second kappa shape index (κ2) is 7.53. The molecular weight excluding hydrogens is 376 g/mol. The highest BCUT2D eigenvalue weighted by Gasteiger charge is 2.30. The van der Waals surface area contributed by atoms with Crippen LogP contribution >= 0.6 is 15.9 Å². The molecule has 130 valence electrons. The van der Waals surface area contributed by atoms with Gasteiger partial charge >= 0.3 is 0 Å². The molecule has 2 aliphatic heterocycles. The number of piperidine rings is 1. The van der Waals surface area contributed by atoms with Crippen LogP contribution in [-0.2, 0) is 14.3 Å². The summed E-state index contributed by atoms with van der Waals surface area (Å²) < 4.78 is 12.0. The molecule has 6 nitrogen and oxygen atoms in total. The Morgan fingerprint density at radius 1 is 1.46 bits per heavy atom. The fourth-order valence-corrected chi connectivity index (χ4v) is 3.46. The Morgan fingerprint density at radius 3 is 3.08 bits per heavy atom. The number of anilines is 1. The summed E-state index contributed by atoms with van der Waals surface area (Å²) >= 11 is 3.39.